The molecule has 30 heavy (non-hydrogen) atoms. The quantitative estimate of drug-likeness (QED) is 0.476. The van der Waals surface area contributed by atoms with E-state index in [1.54, 1.807) is 19.1 Å². The van der Waals surface area contributed by atoms with Gasteiger partial charge in [-0.2, -0.15) is 0 Å². The summed E-state index contributed by atoms with van der Waals surface area (Å²) in [6.07, 6.45) is 0.854. The van der Waals surface area contributed by atoms with Crippen molar-refractivity contribution in [2.45, 2.75) is 101 Å². The van der Waals surface area contributed by atoms with E-state index in [1.165, 1.54) is 0 Å². The molecular weight excluding hydrogens is 438 g/mol. The van der Waals surface area contributed by atoms with E-state index in [4.69, 9.17) is 20.4 Å². The van der Waals surface area contributed by atoms with Crippen LogP contribution in [0.3, 0.4) is 0 Å². The topological polar surface area (TPSA) is 69.4 Å². The van der Waals surface area contributed by atoms with Crippen LogP contribution in [0.1, 0.15) is 67.2 Å². The molecular formula is C22H34ClNO4SSi. The number of hydrogen-bond donors (Lipinski definition) is 0. The van der Waals surface area contributed by atoms with E-state index in [0.29, 0.717) is 24.2 Å². The number of hydrogen-bond acceptors (Lipinski definition) is 5. The minimum atomic E-state index is -3.75. The Labute approximate surface area is 186 Å². The first kappa shape index (κ1) is 23.8. The molecule has 1 aliphatic carbocycles. The Balaban J connectivity index is 1.96. The minimum Gasteiger partial charge on any atom is -0.439 e. The second-order valence-electron chi connectivity index (χ2n) is 11.4. The van der Waals surface area contributed by atoms with Crippen molar-refractivity contribution in [1.29, 1.82) is 0 Å². The maximum Gasteiger partial charge on any atom is 0.200 e. The Morgan fingerprint density at radius 2 is 1.73 bits per heavy atom. The number of nitrogens with zero attached hydrogens (tertiary/aromatic N) is 1. The van der Waals surface area contributed by atoms with Gasteiger partial charge in [0, 0.05) is 11.5 Å². The molecule has 3 rings (SSSR count). The van der Waals surface area contributed by atoms with Crippen LogP contribution < -0.4 is 0 Å². The lowest BCUT2D eigenvalue weighted by Crippen LogP contribution is -2.56. The minimum absolute atomic E-state index is 0.0523. The summed E-state index contributed by atoms with van der Waals surface area (Å²) >= 11 is 6.41. The van der Waals surface area contributed by atoms with Crippen molar-refractivity contribution in [2.24, 2.45) is 0 Å². The highest BCUT2D eigenvalue weighted by Gasteiger charge is 2.55. The molecule has 2 aromatic rings. The van der Waals surface area contributed by atoms with Gasteiger partial charge in [0.1, 0.15) is 10.4 Å². The van der Waals surface area contributed by atoms with E-state index in [2.05, 4.69) is 38.8 Å². The van der Waals surface area contributed by atoms with Crippen molar-refractivity contribution >= 4 is 40.9 Å². The second-order valence-corrected chi connectivity index (χ2v) is 18.9. The summed E-state index contributed by atoms with van der Waals surface area (Å²) in [4.78, 5) is 4.56. The maximum absolute atomic E-state index is 13.7. The fourth-order valence-corrected chi connectivity index (χ4v) is 7.39. The third-order valence-electron chi connectivity index (χ3n) is 6.61. The molecule has 1 fully saturated rings. The first-order chi connectivity index (χ1) is 13.4. The zero-order chi connectivity index (χ0) is 22.9. The predicted molar refractivity (Wildman–Crippen MR) is 125 cm³/mol. The van der Waals surface area contributed by atoms with Crippen LogP contribution in [0, 0.1) is 0 Å². The molecule has 1 aromatic heterocycles. The number of oxazole rings is 1. The van der Waals surface area contributed by atoms with Gasteiger partial charge in [0.15, 0.2) is 23.7 Å². The van der Waals surface area contributed by atoms with Gasteiger partial charge >= 0.3 is 0 Å². The van der Waals surface area contributed by atoms with Gasteiger partial charge in [-0.05, 0) is 50.0 Å². The molecule has 0 unspecified atom stereocenters. The maximum atomic E-state index is 13.7. The summed E-state index contributed by atoms with van der Waals surface area (Å²) in [5, 5.41) is 0.254. The standard InChI is InChI=1S/C22H34ClNO4SSi/c1-20(2,3)19-24-16-11-10-15(23)18(17(16)27-19)29(25,26)22(7)12-14(13-22)28-30(8,9)21(4,5)6/h10-11,14H,12-13H2,1-9H3. The first-order valence-corrected chi connectivity index (χ1v) is 15.2. The van der Waals surface area contributed by atoms with Crippen molar-refractivity contribution in [3.63, 3.8) is 0 Å². The van der Waals surface area contributed by atoms with Gasteiger partial charge in [0.05, 0.1) is 9.77 Å². The van der Waals surface area contributed by atoms with Crippen LogP contribution in [-0.4, -0.2) is 32.6 Å². The van der Waals surface area contributed by atoms with E-state index in [0.717, 1.165) is 0 Å². The molecule has 0 bridgehead atoms. The second kappa shape index (κ2) is 7.05. The highest BCUT2D eigenvalue weighted by atomic mass is 35.5. The summed E-state index contributed by atoms with van der Waals surface area (Å²) in [5.41, 5.74) is 0.428. The zero-order valence-electron chi connectivity index (χ0n) is 19.5. The Morgan fingerprint density at radius 3 is 2.23 bits per heavy atom. The van der Waals surface area contributed by atoms with Gasteiger partial charge in [-0.15, -0.1) is 0 Å². The number of sulfone groups is 1. The van der Waals surface area contributed by atoms with Crippen LogP contribution in [0.2, 0.25) is 23.2 Å². The molecule has 168 valence electrons. The predicted octanol–water partition coefficient (Wildman–Crippen LogP) is 6.50. The summed E-state index contributed by atoms with van der Waals surface area (Å²) in [7, 11) is -5.71. The highest BCUT2D eigenvalue weighted by Crippen LogP contribution is 2.49. The summed E-state index contributed by atoms with van der Waals surface area (Å²) in [5.74, 6) is 0.495. The number of benzene rings is 1. The van der Waals surface area contributed by atoms with Crippen LogP contribution >= 0.6 is 11.6 Å². The average molecular weight is 472 g/mol. The van der Waals surface area contributed by atoms with Gasteiger partial charge in [-0.1, -0.05) is 53.1 Å². The van der Waals surface area contributed by atoms with Crippen LogP contribution in [0.4, 0.5) is 0 Å². The molecule has 0 atom stereocenters. The van der Waals surface area contributed by atoms with E-state index in [-0.39, 0.29) is 32.1 Å². The number of aromatic nitrogens is 1. The lowest BCUT2D eigenvalue weighted by atomic mass is 9.83. The number of halogens is 1. The van der Waals surface area contributed by atoms with Gasteiger partial charge in [0.25, 0.3) is 0 Å². The molecule has 0 radical (unpaired) electrons. The number of rotatable bonds is 4. The van der Waals surface area contributed by atoms with Gasteiger partial charge in [-0.25, -0.2) is 13.4 Å². The summed E-state index contributed by atoms with van der Waals surface area (Å²) < 4.78 is 38.9. The molecule has 0 N–H and O–H groups in total. The Hall–Kier alpha value is -0.893. The van der Waals surface area contributed by atoms with Gasteiger partial charge in [0.2, 0.25) is 5.89 Å². The molecule has 5 nitrogen and oxygen atoms in total. The van der Waals surface area contributed by atoms with Gasteiger partial charge < -0.3 is 8.84 Å². The fourth-order valence-electron chi connectivity index (χ4n) is 3.56. The smallest absolute Gasteiger partial charge is 0.200 e. The van der Waals surface area contributed by atoms with Crippen molar-refractivity contribution in [1.82, 2.24) is 4.98 Å². The highest BCUT2D eigenvalue weighted by molar-refractivity contribution is 7.93. The lowest BCUT2D eigenvalue weighted by molar-refractivity contribution is 0.0732. The van der Waals surface area contributed by atoms with E-state index >= 15 is 0 Å². The molecule has 0 aliphatic heterocycles. The molecule has 0 amide bonds. The SMILES string of the molecule is CC(C)(C)c1nc2ccc(Cl)c(S(=O)(=O)C3(C)CC(O[Si](C)(C)C(C)(C)C)C3)c2o1. The molecule has 1 aromatic carbocycles. The van der Waals surface area contributed by atoms with E-state index in [9.17, 15) is 8.42 Å². The Kier molecular flexibility index (Phi) is 5.59. The molecule has 1 saturated carbocycles. The molecule has 1 aliphatic rings. The normalized spacial score (nSPS) is 23.6. The molecule has 8 heteroatoms. The Morgan fingerprint density at radius 1 is 1.17 bits per heavy atom. The van der Waals surface area contributed by atoms with Crippen LogP contribution in [-0.2, 0) is 19.7 Å². The molecule has 0 saturated heterocycles. The average Bonchev–Trinajstić information content (AvgIpc) is 2.95. The summed E-state index contributed by atoms with van der Waals surface area (Å²) in [6, 6.07) is 3.30. The summed E-state index contributed by atoms with van der Waals surface area (Å²) in [6.45, 7) is 18.6. The Bertz CT molecular complexity index is 1070. The van der Waals surface area contributed by atoms with Crippen molar-refractivity contribution in [3.05, 3.63) is 23.0 Å². The van der Waals surface area contributed by atoms with Crippen LogP contribution in [0.15, 0.2) is 21.4 Å². The van der Waals surface area contributed by atoms with Crippen molar-refractivity contribution in [2.75, 3.05) is 0 Å². The van der Waals surface area contributed by atoms with Crippen molar-refractivity contribution < 1.29 is 17.3 Å². The molecule has 1 heterocycles. The van der Waals surface area contributed by atoms with E-state index in [1.807, 2.05) is 20.8 Å². The zero-order valence-corrected chi connectivity index (χ0v) is 22.1. The monoisotopic (exact) mass is 471 g/mol. The fraction of sp³-hybridized carbons (Fsp3) is 0.682. The van der Waals surface area contributed by atoms with Crippen LogP contribution in [0.5, 0.6) is 0 Å². The van der Waals surface area contributed by atoms with E-state index < -0.39 is 22.9 Å². The number of fused-ring (bicyclic) bond motifs is 1. The van der Waals surface area contributed by atoms with Crippen LogP contribution in [0.25, 0.3) is 11.1 Å². The largest absolute Gasteiger partial charge is 0.439 e. The molecule has 0 spiro atoms. The lowest BCUT2D eigenvalue weighted by Gasteiger charge is -2.49. The van der Waals surface area contributed by atoms with Crippen molar-refractivity contribution in [3.8, 4) is 0 Å². The third-order valence-corrected chi connectivity index (χ3v) is 14.1. The third kappa shape index (κ3) is 3.87. The van der Waals surface area contributed by atoms with Gasteiger partial charge in [-0.3, -0.25) is 0 Å². The first-order valence-electron chi connectivity index (χ1n) is 10.4.